The van der Waals surface area contributed by atoms with Crippen molar-refractivity contribution in [2.24, 2.45) is 0 Å². The van der Waals surface area contributed by atoms with Crippen LogP contribution >= 0.6 is 0 Å². The zero-order valence-corrected chi connectivity index (χ0v) is 8.79. The number of para-hydroxylation sites is 1. The average molecular weight is 217 g/mol. The van der Waals surface area contributed by atoms with E-state index in [0.717, 1.165) is 11.3 Å². The van der Waals surface area contributed by atoms with Crippen LogP contribution in [0.5, 0.6) is 0 Å². The van der Waals surface area contributed by atoms with E-state index >= 15 is 0 Å². The summed E-state index contributed by atoms with van der Waals surface area (Å²) in [6.07, 6.45) is 1.40. The Morgan fingerprint density at radius 3 is 2.88 bits per heavy atom. The molecule has 0 amide bonds. The maximum atomic E-state index is 10.7. The van der Waals surface area contributed by atoms with Crippen molar-refractivity contribution < 1.29 is 9.90 Å². The van der Waals surface area contributed by atoms with Gasteiger partial charge in [0.1, 0.15) is 18.6 Å². The molecule has 0 aliphatic carbocycles. The third kappa shape index (κ3) is 1.93. The van der Waals surface area contributed by atoms with Gasteiger partial charge in [-0.05, 0) is 18.6 Å². The highest BCUT2D eigenvalue weighted by atomic mass is 16.4. The van der Waals surface area contributed by atoms with E-state index in [2.05, 4.69) is 10.2 Å². The Labute approximate surface area is 92.4 Å². The Hall–Kier alpha value is -2.17. The van der Waals surface area contributed by atoms with Crippen molar-refractivity contribution >= 4 is 5.97 Å². The lowest BCUT2D eigenvalue weighted by Crippen LogP contribution is -2.08. The lowest BCUT2D eigenvalue weighted by Gasteiger charge is -2.07. The van der Waals surface area contributed by atoms with E-state index in [0.29, 0.717) is 5.82 Å². The second-order valence-electron chi connectivity index (χ2n) is 3.47. The van der Waals surface area contributed by atoms with E-state index in [4.69, 9.17) is 5.11 Å². The summed E-state index contributed by atoms with van der Waals surface area (Å²) in [5.41, 5.74) is 1.96. The molecule has 16 heavy (non-hydrogen) atoms. The maximum Gasteiger partial charge on any atom is 0.311 e. The van der Waals surface area contributed by atoms with E-state index in [9.17, 15) is 4.79 Å². The summed E-state index contributed by atoms with van der Waals surface area (Å²) in [4.78, 5) is 10.7. The van der Waals surface area contributed by atoms with Gasteiger partial charge in [-0.15, -0.1) is 10.2 Å². The van der Waals surface area contributed by atoms with Crippen molar-refractivity contribution in [1.82, 2.24) is 14.8 Å². The summed E-state index contributed by atoms with van der Waals surface area (Å²) >= 11 is 0. The number of hydrogen-bond donors (Lipinski definition) is 1. The number of hydrogen-bond acceptors (Lipinski definition) is 3. The van der Waals surface area contributed by atoms with Crippen molar-refractivity contribution in [3.05, 3.63) is 42.0 Å². The van der Waals surface area contributed by atoms with Crippen LogP contribution in [0.1, 0.15) is 11.4 Å². The number of carbonyl (C=O) groups is 1. The van der Waals surface area contributed by atoms with Crippen molar-refractivity contribution in [2.75, 3.05) is 0 Å². The fourth-order valence-electron chi connectivity index (χ4n) is 1.55. The molecule has 0 aliphatic heterocycles. The van der Waals surface area contributed by atoms with Gasteiger partial charge in [-0.1, -0.05) is 18.2 Å². The van der Waals surface area contributed by atoms with Crippen LogP contribution in [0.25, 0.3) is 5.69 Å². The molecule has 5 nitrogen and oxygen atoms in total. The molecule has 0 aliphatic rings. The number of carboxylic acids is 1. The van der Waals surface area contributed by atoms with Gasteiger partial charge in [0.2, 0.25) is 0 Å². The minimum Gasteiger partial charge on any atom is -0.481 e. The summed E-state index contributed by atoms with van der Waals surface area (Å²) in [6.45, 7) is 1.96. The van der Waals surface area contributed by atoms with Gasteiger partial charge in [-0.3, -0.25) is 9.36 Å². The summed E-state index contributed by atoms with van der Waals surface area (Å²) in [7, 11) is 0. The summed E-state index contributed by atoms with van der Waals surface area (Å²) in [5.74, 6) is -0.482. The van der Waals surface area contributed by atoms with Gasteiger partial charge < -0.3 is 5.11 Å². The zero-order chi connectivity index (χ0) is 11.5. The van der Waals surface area contributed by atoms with Crippen LogP contribution in [0, 0.1) is 6.92 Å². The topological polar surface area (TPSA) is 68.0 Å². The average Bonchev–Trinajstić information content (AvgIpc) is 2.66. The lowest BCUT2D eigenvalue weighted by molar-refractivity contribution is -0.136. The van der Waals surface area contributed by atoms with Gasteiger partial charge in [-0.25, -0.2) is 0 Å². The molecule has 0 spiro atoms. The predicted octanol–water partition coefficient (Wildman–Crippen LogP) is 1.20. The Balaban J connectivity index is 2.45. The largest absolute Gasteiger partial charge is 0.481 e. The Bertz CT molecular complexity index is 519. The Morgan fingerprint density at radius 2 is 2.19 bits per heavy atom. The smallest absolute Gasteiger partial charge is 0.311 e. The van der Waals surface area contributed by atoms with E-state index in [1.54, 1.807) is 4.57 Å². The first-order valence-electron chi connectivity index (χ1n) is 4.85. The van der Waals surface area contributed by atoms with E-state index in [1.807, 2.05) is 31.2 Å². The van der Waals surface area contributed by atoms with E-state index in [-0.39, 0.29) is 6.42 Å². The van der Waals surface area contributed by atoms with E-state index in [1.165, 1.54) is 6.33 Å². The van der Waals surface area contributed by atoms with Gasteiger partial charge in [0, 0.05) is 0 Å². The molecule has 0 fully saturated rings. The Kier molecular flexibility index (Phi) is 2.68. The van der Waals surface area contributed by atoms with Crippen LogP contribution in [-0.2, 0) is 11.2 Å². The monoisotopic (exact) mass is 217 g/mol. The number of aromatic nitrogens is 3. The highest BCUT2D eigenvalue weighted by molar-refractivity contribution is 5.69. The predicted molar refractivity (Wildman–Crippen MR) is 57.4 cm³/mol. The standard InChI is InChI=1S/C11H11N3O2/c1-8-4-2-3-5-9(8)14-7-12-13-10(14)6-11(15)16/h2-5,7H,6H2,1H3,(H,15,16). The molecule has 2 aromatic rings. The first-order chi connectivity index (χ1) is 7.68. The summed E-state index contributed by atoms with van der Waals surface area (Å²) in [6, 6.07) is 7.69. The molecule has 1 aromatic heterocycles. The highest BCUT2D eigenvalue weighted by Gasteiger charge is 2.11. The molecule has 5 heteroatoms. The third-order valence-corrected chi connectivity index (χ3v) is 2.30. The normalized spacial score (nSPS) is 10.3. The van der Waals surface area contributed by atoms with Gasteiger partial charge in [-0.2, -0.15) is 0 Å². The van der Waals surface area contributed by atoms with Crippen molar-refractivity contribution in [2.45, 2.75) is 13.3 Å². The molecule has 1 heterocycles. The minimum absolute atomic E-state index is 0.131. The fourth-order valence-corrected chi connectivity index (χ4v) is 1.55. The number of benzene rings is 1. The van der Waals surface area contributed by atoms with Crippen LogP contribution in [0.15, 0.2) is 30.6 Å². The Morgan fingerprint density at radius 1 is 1.44 bits per heavy atom. The third-order valence-electron chi connectivity index (χ3n) is 2.30. The van der Waals surface area contributed by atoms with Gasteiger partial charge >= 0.3 is 5.97 Å². The molecule has 0 radical (unpaired) electrons. The quantitative estimate of drug-likeness (QED) is 0.838. The van der Waals surface area contributed by atoms with E-state index < -0.39 is 5.97 Å². The first kappa shape index (κ1) is 10.4. The molecule has 1 N–H and O–H groups in total. The zero-order valence-electron chi connectivity index (χ0n) is 8.79. The molecule has 0 bridgehead atoms. The number of nitrogens with zero attached hydrogens (tertiary/aromatic N) is 3. The molecule has 0 saturated heterocycles. The first-order valence-corrected chi connectivity index (χ1v) is 4.85. The van der Waals surface area contributed by atoms with Crippen molar-refractivity contribution in [3.63, 3.8) is 0 Å². The summed E-state index contributed by atoms with van der Waals surface area (Å²) in [5, 5.41) is 16.3. The number of aryl methyl sites for hydroxylation is 1. The molecular formula is C11H11N3O2. The number of aliphatic carboxylic acids is 1. The van der Waals surface area contributed by atoms with Gasteiger partial charge in [0.15, 0.2) is 0 Å². The van der Waals surface area contributed by atoms with Crippen molar-refractivity contribution in [3.8, 4) is 5.69 Å². The van der Waals surface area contributed by atoms with Crippen LogP contribution in [0.4, 0.5) is 0 Å². The second-order valence-corrected chi connectivity index (χ2v) is 3.47. The molecule has 1 aromatic carbocycles. The van der Waals surface area contributed by atoms with Gasteiger partial charge in [0.25, 0.3) is 0 Å². The van der Waals surface area contributed by atoms with Crippen molar-refractivity contribution in [1.29, 1.82) is 0 Å². The number of rotatable bonds is 3. The summed E-state index contributed by atoms with van der Waals surface area (Å²) < 4.78 is 1.70. The molecule has 0 unspecified atom stereocenters. The van der Waals surface area contributed by atoms with Crippen LogP contribution in [0.2, 0.25) is 0 Å². The van der Waals surface area contributed by atoms with Gasteiger partial charge in [0.05, 0.1) is 5.69 Å². The minimum atomic E-state index is -0.914. The molecule has 2 rings (SSSR count). The molecule has 0 atom stereocenters. The highest BCUT2D eigenvalue weighted by Crippen LogP contribution is 2.14. The number of carboxylic acid groups (broad SMARTS) is 1. The molecular weight excluding hydrogens is 206 g/mol. The van der Waals surface area contributed by atoms with Crippen LogP contribution in [-0.4, -0.2) is 25.8 Å². The van der Waals surface area contributed by atoms with Crippen LogP contribution in [0.3, 0.4) is 0 Å². The molecule has 0 saturated carbocycles. The fraction of sp³-hybridized carbons (Fsp3) is 0.182. The second kappa shape index (κ2) is 4.14. The van der Waals surface area contributed by atoms with Crippen LogP contribution < -0.4 is 0 Å². The maximum absolute atomic E-state index is 10.7. The molecule has 82 valence electrons. The lowest BCUT2D eigenvalue weighted by atomic mass is 10.2. The SMILES string of the molecule is Cc1ccccc1-n1cnnc1CC(=O)O.